The molecule has 2 aromatic carbocycles. The van der Waals surface area contributed by atoms with E-state index in [9.17, 15) is 19.7 Å². The third-order valence-corrected chi connectivity index (χ3v) is 4.86. The topological polar surface area (TPSA) is 127 Å². The molecule has 0 bridgehead atoms. The maximum absolute atomic E-state index is 12.2. The van der Waals surface area contributed by atoms with Crippen LogP contribution in [0.4, 0.5) is 5.69 Å². The summed E-state index contributed by atoms with van der Waals surface area (Å²) in [5.74, 6) is -1.47. The van der Waals surface area contributed by atoms with Crippen molar-refractivity contribution in [3.63, 3.8) is 0 Å². The van der Waals surface area contributed by atoms with E-state index in [1.807, 2.05) is 31.4 Å². The number of hydrogen-bond acceptors (Lipinski definition) is 5. The van der Waals surface area contributed by atoms with E-state index < -0.39 is 16.8 Å². The van der Waals surface area contributed by atoms with Crippen LogP contribution in [0.25, 0.3) is 5.69 Å². The lowest BCUT2D eigenvalue weighted by Gasteiger charge is -2.13. The van der Waals surface area contributed by atoms with Gasteiger partial charge in [-0.25, -0.2) is 10.2 Å². The van der Waals surface area contributed by atoms with Crippen molar-refractivity contribution >= 4 is 23.8 Å². The van der Waals surface area contributed by atoms with E-state index in [0.717, 1.165) is 28.2 Å². The molecule has 158 valence electrons. The number of nitro groups is 1. The summed E-state index contributed by atoms with van der Waals surface area (Å²) in [6.45, 7) is 5.67. The molecule has 0 saturated heterocycles. The molecular formula is C22H20N4O5. The number of carboxylic acid groups (broad SMARTS) is 1. The van der Waals surface area contributed by atoms with Crippen LogP contribution in [0.5, 0.6) is 0 Å². The number of aromatic carboxylic acids is 1. The third kappa shape index (κ3) is 4.50. The fraction of sp³-hybridized carbons (Fsp3) is 0.136. The number of carbonyl (C=O) groups is 2. The number of carbonyl (C=O) groups excluding carboxylic acids is 1. The van der Waals surface area contributed by atoms with Gasteiger partial charge in [-0.1, -0.05) is 0 Å². The van der Waals surface area contributed by atoms with E-state index in [0.29, 0.717) is 0 Å². The second-order valence-corrected chi connectivity index (χ2v) is 6.97. The molecule has 31 heavy (non-hydrogen) atoms. The molecule has 0 spiro atoms. The van der Waals surface area contributed by atoms with Gasteiger partial charge in [0.05, 0.1) is 16.7 Å². The molecule has 0 fully saturated rings. The Bertz CT molecular complexity index is 1210. The summed E-state index contributed by atoms with van der Waals surface area (Å²) >= 11 is 0. The lowest BCUT2D eigenvalue weighted by molar-refractivity contribution is -0.384. The highest BCUT2D eigenvalue weighted by atomic mass is 16.6. The highest BCUT2D eigenvalue weighted by molar-refractivity contribution is 5.95. The van der Waals surface area contributed by atoms with E-state index in [1.54, 1.807) is 18.2 Å². The van der Waals surface area contributed by atoms with Gasteiger partial charge in [0, 0.05) is 40.3 Å². The quantitative estimate of drug-likeness (QED) is 0.356. The molecule has 0 aliphatic heterocycles. The zero-order valence-corrected chi connectivity index (χ0v) is 17.1. The smallest absolute Gasteiger partial charge is 0.335 e. The second kappa shape index (κ2) is 8.62. The van der Waals surface area contributed by atoms with Gasteiger partial charge in [-0.05, 0) is 62.7 Å². The van der Waals surface area contributed by atoms with Crippen molar-refractivity contribution < 1.29 is 19.6 Å². The predicted molar refractivity (Wildman–Crippen MR) is 115 cm³/mol. The van der Waals surface area contributed by atoms with Gasteiger partial charge in [0.25, 0.3) is 11.6 Å². The monoisotopic (exact) mass is 420 g/mol. The number of amides is 1. The first-order chi connectivity index (χ1) is 14.7. The van der Waals surface area contributed by atoms with Gasteiger partial charge >= 0.3 is 5.97 Å². The van der Waals surface area contributed by atoms with Crippen molar-refractivity contribution in [2.24, 2.45) is 5.10 Å². The Balaban J connectivity index is 1.79. The average molecular weight is 420 g/mol. The largest absolute Gasteiger partial charge is 0.478 e. The summed E-state index contributed by atoms with van der Waals surface area (Å²) in [6, 6.07) is 12.1. The molecule has 0 aliphatic rings. The van der Waals surface area contributed by atoms with E-state index in [1.165, 1.54) is 30.5 Å². The summed E-state index contributed by atoms with van der Waals surface area (Å²) in [4.78, 5) is 33.5. The minimum Gasteiger partial charge on any atom is -0.478 e. The Kier molecular flexibility index (Phi) is 5.96. The molecule has 9 nitrogen and oxygen atoms in total. The zero-order valence-electron chi connectivity index (χ0n) is 17.1. The van der Waals surface area contributed by atoms with Crippen molar-refractivity contribution in [2.45, 2.75) is 20.8 Å². The number of carboxylic acids is 1. The average Bonchev–Trinajstić information content (AvgIpc) is 3.01. The molecular weight excluding hydrogens is 400 g/mol. The van der Waals surface area contributed by atoms with Gasteiger partial charge in [-0.3, -0.25) is 14.9 Å². The number of hydrogen-bond donors (Lipinski definition) is 2. The van der Waals surface area contributed by atoms with Gasteiger partial charge < -0.3 is 9.67 Å². The summed E-state index contributed by atoms with van der Waals surface area (Å²) in [5.41, 5.74) is 7.03. The van der Waals surface area contributed by atoms with Gasteiger partial charge in [0.1, 0.15) is 0 Å². The zero-order chi connectivity index (χ0) is 22.7. The fourth-order valence-corrected chi connectivity index (χ4v) is 3.29. The highest BCUT2D eigenvalue weighted by Gasteiger charge is 2.13. The van der Waals surface area contributed by atoms with Crippen LogP contribution >= 0.6 is 0 Å². The number of non-ortho nitro benzene ring substituents is 1. The van der Waals surface area contributed by atoms with E-state index in [2.05, 4.69) is 10.5 Å². The van der Waals surface area contributed by atoms with E-state index in [4.69, 9.17) is 5.11 Å². The number of rotatable bonds is 6. The molecule has 9 heteroatoms. The number of aromatic nitrogens is 1. The standard InChI is InChI=1S/C22H20N4O5/c1-13-10-17(22(28)29)6-9-20(13)25-14(2)11-18(15(25)3)12-23-24-21(27)16-4-7-19(8-5-16)26(30)31/h4-12H,1-3H3,(H,24,27)(H,28,29)/b23-12-. The van der Waals surface area contributed by atoms with Crippen LogP contribution in [0.3, 0.4) is 0 Å². The third-order valence-electron chi connectivity index (χ3n) is 4.86. The van der Waals surface area contributed by atoms with Crippen LogP contribution in [0.2, 0.25) is 0 Å². The van der Waals surface area contributed by atoms with Crippen LogP contribution in [-0.4, -0.2) is 32.7 Å². The van der Waals surface area contributed by atoms with Gasteiger partial charge in [0.2, 0.25) is 0 Å². The van der Waals surface area contributed by atoms with E-state index in [-0.39, 0.29) is 16.8 Å². The van der Waals surface area contributed by atoms with Crippen molar-refractivity contribution in [2.75, 3.05) is 0 Å². The Morgan fingerprint density at radius 2 is 1.71 bits per heavy atom. The Morgan fingerprint density at radius 3 is 2.29 bits per heavy atom. The molecule has 3 aromatic rings. The number of nitro benzene ring substituents is 1. The maximum atomic E-state index is 12.2. The molecule has 1 heterocycles. The van der Waals surface area contributed by atoms with Crippen molar-refractivity contribution in [1.82, 2.24) is 9.99 Å². The predicted octanol–water partition coefficient (Wildman–Crippen LogP) is 3.77. The SMILES string of the molecule is Cc1cc(C(=O)O)ccc1-n1c(C)cc(/C=N\NC(=O)c2ccc([N+](=O)[O-])cc2)c1C. The molecule has 0 aliphatic carbocycles. The Morgan fingerprint density at radius 1 is 1.06 bits per heavy atom. The lowest BCUT2D eigenvalue weighted by Crippen LogP contribution is -2.17. The number of benzene rings is 2. The van der Waals surface area contributed by atoms with Gasteiger partial charge in [-0.2, -0.15) is 5.10 Å². The molecule has 1 amide bonds. The maximum Gasteiger partial charge on any atom is 0.335 e. The van der Waals surface area contributed by atoms with Crippen LogP contribution in [0.1, 0.15) is 43.2 Å². The minimum atomic E-state index is -0.979. The number of aryl methyl sites for hydroxylation is 2. The number of hydrazone groups is 1. The summed E-state index contributed by atoms with van der Waals surface area (Å²) in [5, 5.41) is 23.8. The van der Waals surface area contributed by atoms with Gasteiger partial charge in [-0.15, -0.1) is 0 Å². The summed E-state index contributed by atoms with van der Waals surface area (Å²) in [6.07, 6.45) is 1.52. The fourth-order valence-electron chi connectivity index (χ4n) is 3.29. The Labute approximate surface area is 177 Å². The molecule has 0 atom stereocenters. The second-order valence-electron chi connectivity index (χ2n) is 6.97. The van der Waals surface area contributed by atoms with Gasteiger partial charge in [0.15, 0.2) is 0 Å². The van der Waals surface area contributed by atoms with Crippen LogP contribution in [0, 0.1) is 30.9 Å². The number of nitrogens with one attached hydrogen (secondary N) is 1. The van der Waals surface area contributed by atoms with Crippen LogP contribution in [-0.2, 0) is 0 Å². The molecule has 2 N–H and O–H groups in total. The van der Waals surface area contributed by atoms with Crippen molar-refractivity contribution in [1.29, 1.82) is 0 Å². The van der Waals surface area contributed by atoms with Crippen LogP contribution < -0.4 is 5.43 Å². The molecule has 3 rings (SSSR count). The lowest BCUT2D eigenvalue weighted by atomic mass is 10.1. The van der Waals surface area contributed by atoms with E-state index >= 15 is 0 Å². The number of nitrogens with zero attached hydrogens (tertiary/aromatic N) is 3. The summed E-state index contributed by atoms with van der Waals surface area (Å²) < 4.78 is 1.99. The first-order valence-corrected chi connectivity index (χ1v) is 9.30. The first-order valence-electron chi connectivity index (χ1n) is 9.30. The van der Waals surface area contributed by atoms with Crippen molar-refractivity contribution in [3.8, 4) is 5.69 Å². The normalized spacial score (nSPS) is 10.9. The minimum absolute atomic E-state index is 0.0980. The molecule has 1 aromatic heterocycles. The molecule has 0 radical (unpaired) electrons. The Hall–Kier alpha value is -4.27. The highest BCUT2D eigenvalue weighted by Crippen LogP contribution is 2.23. The molecule has 0 unspecified atom stereocenters. The van der Waals surface area contributed by atoms with Crippen molar-refractivity contribution in [3.05, 3.63) is 92.3 Å². The van der Waals surface area contributed by atoms with Crippen LogP contribution in [0.15, 0.2) is 53.6 Å². The first kappa shape index (κ1) is 21.4. The molecule has 0 saturated carbocycles. The summed E-state index contributed by atoms with van der Waals surface area (Å²) in [7, 11) is 0.